The number of nitrogens with zero attached hydrogens (tertiary/aromatic N) is 2. The molecule has 2 heterocycles. The number of sulfone groups is 1. The molecule has 2 atom stereocenters. The zero-order valence-corrected chi connectivity index (χ0v) is 21.2. The third-order valence-electron chi connectivity index (χ3n) is 5.26. The topological polar surface area (TPSA) is 85.3 Å². The number of ether oxygens (including phenoxy) is 2. The molecule has 2 aliphatic rings. The molecule has 2 saturated heterocycles. The Labute approximate surface area is 204 Å². The Hall–Kier alpha value is -1.75. The van der Waals surface area contributed by atoms with Crippen LogP contribution in [0, 0.1) is 0 Å². The van der Waals surface area contributed by atoms with Gasteiger partial charge < -0.3 is 14.4 Å². The molecular formula is C21H20BrClN2O5S2. The molecule has 0 radical (unpaired) electrons. The van der Waals surface area contributed by atoms with E-state index < -0.39 is 9.84 Å². The largest absolute Gasteiger partial charge is 0.493 e. The Morgan fingerprint density at radius 2 is 1.94 bits per heavy atom. The van der Waals surface area contributed by atoms with E-state index in [1.54, 1.807) is 42.3 Å². The summed E-state index contributed by atoms with van der Waals surface area (Å²) < 4.78 is 35.8. The van der Waals surface area contributed by atoms with Gasteiger partial charge in [-0.05, 0) is 35.9 Å². The number of anilines is 1. The monoisotopic (exact) mass is 558 g/mol. The molecular weight excluding hydrogens is 540 g/mol. The van der Waals surface area contributed by atoms with Crippen molar-refractivity contribution in [3.63, 3.8) is 0 Å². The fourth-order valence-electron chi connectivity index (χ4n) is 3.83. The van der Waals surface area contributed by atoms with Crippen molar-refractivity contribution in [2.45, 2.75) is 17.7 Å². The number of rotatable bonds is 5. The van der Waals surface area contributed by atoms with E-state index in [4.69, 9.17) is 21.1 Å². The Morgan fingerprint density at radius 1 is 1.19 bits per heavy atom. The molecule has 11 heteroatoms. The smallest absolute Gasteiger partial charge is 0.252 e. The van der Waals surface area contributed by atoms with E-state index in [1.807, 2.05) is 6.07 Å². The Kier molecular flexibility index (Phi) is 6.76. The highest BCUT2D eigenvalue weighted by atomic mass is 79.9. The van der Waals surface area contributed by atoms with E-state index in [9.17, 15) is 13.2 Å². The quantitative estimate of drug-likeness (QED) is 0.548. The van der Waals surface area contributed by atoms with Crippen LogP contribution in [0.3, 0.4) is 0 Å². The maximum Gasteiger partial charge on any atom is 0.252 e. The van der Waals surface area contributed by atoms with Crippen molar-refractivity contribution in [3.8, 4) is 11.5 Å². The number of amides is 1. The van der Waals surface area contributed by atoms with Crippen LogP contribution in [-0.4, -0.2) is 56.5 Å². The normalized spacial score (nSPS) is 22.8. The maximum atomic E-state index is 12.8. The van der Waals surface area contributed by atoms with Gasteiger partial charge in [0.25, 0.3) is 5.91 Å². The van der Waals surface area contributed by atoms with Crippen LogP contribution in [-0.2, 0) is 21.1 Å². The number of hydrogen-bond donors (Lipinski definition) is 0. The number of methoxy groups -OCH3 is 2. The van der Waals surface area contributed by atoms with E-state index in [2.05, 4.69) is 20.9 Å². The molecule has 0 N–H and O–H groups in total. The lowest BCUT2D eigenvalue weighted by Gasteiger charge is -2.25. The van der Waals surface area contributed by atoms with Crippen LogP contribution < -0.4 is 14.4 Å². The molecule has 0 unspecified atom stereocenters. The van der Waals surface area contributed by atoms with E-state index >= 15 is 0 Å². The number of halogens is 2. The van der Waals surface area contributed by atoms with Crippen LogP contribution in [0.1, 0.15) is 5.56 Å². The van der Waals surface area contributed by atoms with Crippen LogP contribution in [0.25, 0.3) is 0 Å². The maximum absolute atomic E-state index is 12.8. The third-order valence-corrected chi connectivity index (χ3v) is 9.27. The van der Waals surface area contributed by atoms with Gasteiger partial charge in [0.15, 0.2) is 26.5 Å². The summed E-state index contributed by atoms with van der Waals surface area (Å²) in [5.41, 5.74) is 1.36. The highest BCUT2D eigenvalue weighted by molar-refractivity contribution is 9.10. The number of hydrogen-bond acceptors (Lipinski definition) is 6. The number of amidine groups is 1. The van der Waals surface area contributed by atoms with Crippen molar-refractivity contribution < 1.29 is 22.7 Å². The zero-order valence-electron chi connectivity index (χ0n) is 17.2. The second-order valence-electron chi connectivity index (χ2n) is 7.42. The molecule has 0 saturated carbocycles. The van der Waals surface area contributed by atoms with Crippen molar-refractivity contribution in [1.82, 2.24) is 0 Å². The van der Waals surface area contributed by atoms with E-state index in [-0.39, 0.29) is 35.1 Å². The van der Waals surface area contributed by atoms with Crippen molar-refractivity contribution >= 4 is 65.9 Å². The first-order valence-corrected chi connectivity index (χ1v) is 13.5. The van der Waals surface area contributed by atoms with E-state index in [1.165, 1.54) is 18.9 Å². The summed E-state index contributed by atoms with van der Waals surface area (Å²) in [6, 6.07) is 10.3. The van der Waals surface area contributed by atoms with Gasteiger partial charge in [-0.2, -0.15) is 4.99 Å². The minimum atomic E-state index is -3.16. The minimum absolute atomic E-state index is 0.0000509. The second-order valence-corrected chi connectivity index (χ2v) is 12.1. The number of benzene rings is 2. The highest BCUT2D eigenvalue weighted by Crippen LogP contribution is 2.43. The first kappa shape index (κ1) is 23.4. The molecule has 0 aromatic heterocycles. The number of thioether (sulfide) groups is 1. The lowest BCUT2D eigenvalue weighted by Crippen LogP contribution is -2.38. The predicted octanol–water partition coefficient (Wildman–Crippen LogP) is 3.96. The summed E-state index contributed by atoms with van der Waals surface area (Å²) >= 11 is 11.2. The number of carbonyl (C=O) groups is 1. The van der Waals surface area contributed by atoms with Gasteiger partial charge >= 0.3 is 0 Å². The minimum Gasteiger partial charge on any atom is -0.493 e. The third kappa shape index (κ3) is 4.78. The SMILES string of the molecule is COc1ccc(CC(=O)N=C2S[C@@H]3CS(=O)(=O)C[C@@H]3N2c2ccc(Br)cc2Cl)cc1OC. The van der Waals surface area contributed by atoms with Crippen molar-refractivity contribution in [3.05, 3.63) is 51.5 Å². The van der Waals surface area contributed by atoms with Gasteiger partial charge in [0, 0.05) is 9.72 Å². The lowest BCUT2D eigenvalue weighted by atomic mass is 10.1. The predicted molar refractivity (Wildman–Crippen MR) is 131 cm³/mol. The lowest BCUT2D eigenvalue weighted by molar-refractivity contribution is -0.117. The van der Waals surface area contributed by atoms with E-state index in [0.29, 0.717) is 27.4 Å². The zero-order chi connectivity index (χ0) is 23.0. The van der Waals surface area contributed by atoms with Gasteiger partial charge in [-0.1, -0.05) is 45.4 Å². The molecule has 2 aromatic rings. The Morgan fingerprint density at radius 3 is 2.62 bits per heavy atom. The van der Waals surface area contributed by atoms with Crippen molar-refractivity contribution in [2.75, 3.05) is 30.6 Å². The highest BCUT2D eigenvalue weighted by Gasteiger charge is 2.49. The molecule has 0 spiro atoms. The molecule has 7 nitrogen and oxygen atoms in total. The standard InChI is InChI=1S/C21H20BrClN2O5S2/c1-29-17-6-3-12(7-18(17)30-2)8-20(26)24-21-25(15-5-4-13(22)9-14(15)23)16-10-32(27,28)11-19(16)31-21/h3-7,9,16,19H,8,10-11H2,1-2H3/t16-,19+/m0/s1. The number of carbonyl (C=O) groups excluding carboxylic acids is 1. The van der Waals surface area contributed by atoms with Gasteiger partial charge in [0.05, 0.1) is 48.9 Å². The van der Waals surface area contributed by atoms with Crippen LogP contribution in [0.2, 0.25) is 5.02 Å². The summed E-state index contributed by atoms with van der Waals surface area (Å²) in [7, 11) is -0.0830. The molecule has 2 aromatic carbocycles. The molecule has 4 rings (SSSR count). The summed E-state index contributed by atoms with van der Waals surface area (Å²) in [5, 5.41) is 0.710. The average Bonchev–Trinajstić information content (AvgIpc) is 3.19. The molecule has 2 aliphatic heterocycles. The van der Waals surface area contributed by atoms with Gasteiger partial charge in [0.1, 0.15) is 0 Å². The molecule has 1 amide bonds. The number of fused-ring (bicyclic) bond motifs is 1. The van der Waals surface area contributed by atoms with Crippen LogP contribution >= 0.6 is 39.3 Å². The molecule has 32 heavy (non-hydrogen) atoms. The fraction of sp³-hybridized carbons (Fsp3) is 0.333. The average molecular weight is 560 g/mol. The molecule has 2 fully saturated rings. The molecule has 170 valence electrons. The van der Waals surface area contributed by atoms with Crippen molar-refractivity contribution in [2.24, 2.45) is 4.99 Å². The van der Waals surface area contributed by atoms with Gasteiger partial charge in [-0.15, -0.1) is 0 Å². The van der Waals surface area contributed by atoms with Crippen LogP contribution in [0.15, 0.2) is 45.9 Å². The van der Waals surface area contributed by atoms with Crippen LogP contribution in [0.4, 0.5) is 5.69 Å². The van der Waals surface area contributed by atoms with Crippen LogP contribution in [0.5, 0.6) is 11.5 Å². The van der Waals surface area contributed by atoms with Crippen molar-refractivity contribution in [1.29, 1.82) is 0 Å². The second kappa shape index (κ2) is 9.24. The fourth-order valence-corrected chi connectivity index (χ4v) is 8.52. The van der Waals surface area contributed by atoms with Gasteiger partial charge in [-0.3, -0.25) is 4.79 Å². The summed E-state index contributed by atoms with van der Waals surface area (Å²) in [6.45, 7) is 0. The first-order valence-electron chi connectivity index (χ1n) is 9.64. The molecule has 0 bridgehead atoms. The van der Waals surface area contributed by atoms with E-state index in [0.717, 1.165) is 10.0 Å². The first-order chi connectivity index (χ1) is 15.2. The Bertz CT molecular complexity index is 1200. The summed E-state index contributed by atoms with van der Waals surface area (Å²) in [6.07, 6.45) is 0.0694. The summed E-state index contributed by atoms with van der Waals surface area (Å²) in [5.74, 6) is 0.812. The molecule has 0 aliphatic carbocycles. The Balaban J connectivity index is 1.64. The summed E-state index contributed by atoms with van der Waals surface area (Å²) in [4.78, 5) is 19.0. The van der Waals surface area contributed by atoms with Gasteiger partial charge in [-0.25, -0.2) is 8.42 Å². The van der Waals surface area contributed by atoms with Gasteiger partial charge in [0.2, 0.25) is 0 Å². The number of aliphatic imine (C=N–C) groups is 1.